The molecule has 25 heavy (non-hydrogen) atoms. The van der Waals surface area contributed by atoms with E-state index in [9.17, 15) is 14.0 Å². The summed E-state index contributed by atoms with van der Waals surface area (Å²) < 4.78 is 13.1. The number of benzene rings is 1. The van der Waals surface area contributed by atoms with Gasteiger partial charge in [0.15, 0.2) is 0 Å². The van der Waals surface area contributed by atoms with Gasteiger partial charge in [-0.05, 0) is 24.3 Å². The van der Waals surface area contributed by atoms with Crippen molar-refractivity contribution in [3.8, 4) is 10.6 Å². The normalized spacial score (nSPS) is 20.1. The SMILES string of the molecule is CN1C[C@@H](C(=O)N2CCc3nc(-c4ccc(F)cc4)sc3C2)CC1=O. The fourth-order valence-corrected chi connectivity index (χ4v) is 4.52. The molecule has 5 nitrogen and oxygen atoms in total. The third-order valence-corrected chi connectivity index (χ3v) is 5.96. The van der Waals surface area contributed by atoms with Gasteiger partial charge in [-0.15, -0.1) is 11.3 Å². The molecule has 0 N–H and O–H groups in total. The van der Waals surface area contributed by atoms with Crippen LogP contribution in [-0.4, -0.2) is 46.7 Å². The molecule has 3 heterocycles. The van der Waals surface area contributed by atoms with Gasteiger partial charge in [0.2, 0.25) is 11.8 Å². The lowest BCUT2D eigenvalue weighted by molar-refractivity contribution is -0.136. The fraction of sp³-hybridized carbons (Fsp3) is 0.389. The number of fused-ring (bicyclic) bond motifs is 1. The van der Waals surface area contributed by atoms with E-state index >= 15 is 0 Å². The predicted octanol–water partition coefficient (Wildman–Crippen LogP) is 2.31. The van der Waals surface area contributed by atoms with E-state index in [0.29, 0.717) is 26.1 Å². The Hall–Kier alpha value is -2.28. The number of carbonyl (C=O) groups is 2. The maximum absolute atomic E-state index is 13.1. The minimum atomic E-state index is -0.266. The number of hydrogen-bond donors (Lipinski definition) is 0. The Balaban J connectivity index is 1.51. The molecule has 2 aliphatic rings. The second kappa shape index (κ2) is 6.22. The lowest BCUT2D eigenvalue weighted by Gasteiger charge is -2.28. The number of rotatable bonds is 2. The summed E-state index contributed by atoms with van der Waals surface area (Å²) in [7, 11) is 1.74. The van der Waals surface area contributed by atoms with Gasteiger partial charge in [0.1, 0.15) is 10.8 Å². The van der Waals surface area contributed by atoms with E-state index < -0.39 is 0 Å². The average molecular weight is 359 g/mol. The Kier molecular flexibility index (Phi) is 4.03. The van der Waals surface area contributed by atoms with Crippen molar-refractivity contribution < 1.29 is 14.0 Å². The predicted molar refractivity (Wildman–Crippen MR) is 92.4 cm³/mol. The molecule has 1 fully saturated rings. The highest BCUT2D eigenvalue weighted by Crippen LogP contribution is 2.32. The van der Waals surface area contributed by atoms with Crippen LogP contribution < -0.4 is 0 Å². The summed E-state index contributed by atoms with van der Waals surface area (Å²) in [5, 5.41) is 0.857. The van der Waals surface area contributed by atoms with E-state index in [0.717, 1.165) is 27.6 Å². The van der Waals surface area contributed by atoms with Crippen LogP contribution in [0.2, 0.25) is 0 Å². The van der Waals surface area contributed by atoms with E-state index in [1.54, 1.807) is 35.4 Å². The van der Waals surface area contributed by atoms with Crippen LogP contribution in [0.5, 0.6) is 0 Å². The number of halogens is 1. The molecule has 1 saturated heterocycles. The first kappa shape index (κ1) is 16.2. The number of thiazole rings is 1. The molecule has 7 heteroatoms. The van der Waals surface area contributed by atoms with Crippen LogP contribution in [0.1, 0.15) is 17.0 Å². The largest absolute Gasteiger partial charge is 0.345 e. The molecule has 0 saturated carbocycles. The molecule has 1 aromatic carbocycles. The summed E-state index contributed by atoms with van der Waals surface area (Å²) >= 11 is 1.55. The molecule has 130 valence electrons. The number of nitrogens with zero attached hydrogens (tertiary/aromatic N) is 3. The Labute approximate surface area is 149 Å². The molecular weight excluding hydrogens is 341 g/mol. The van der Waals surface area contributed by atoms with E-state index in [4.69, 9.17) is 0 Å². The molecule has 2 aliphatic heterocycles. The van der Waals surface area contributed by atoms with Crippen molar-refractivity contribution in [1.82, 2.24) is 14.8 Å². The summed E-state index contributed by atoms with van der Waals surface area (Å²) in [5.74, 6) is -0.408. The fourth-order valence-electron chi connectivity index (χ4n) is 3.39. The van der Waals surface area contributed by atoms with Crippen LogP contribution in [0, 0.1) is 11.7 Å². The number of aromatic nitrogens is 1. The summed E-state index contributed by atoms with van der Waals surface area (Å²) in [4.78, 5) is 33.6. The second-order valence-corrected chi connectivity index (χ2v) is 7.66. The van der Waals surface area contributed by atoms with Crippen molar-refractivity contribution in [3.63, 3.8) is 0 Å². The number of amides is 2. The van der Waals surface area contributed by atoms with Crippen LogP contribution in [0.15, 0.2) is 24.3 Å². The van der Waals surface area contributed by atoms with Crippen LogP contribution >= 0.6 is 11.3 Å². The molecule has 2 amide bonds. The van der Waals surface area contributed by atoms with Crippen molar-refractivity contribution >= 4 is 23.2 Å². The molecule has 1 atom stereocenters. The first-order chi connectivity index (χ1) is 12.0. The van der Waals surface area contributed by atoms with E-state index in [1.165, 1.54) is 12.1 Å². The van der Waals surface area contributed by atoms with Gasteiger partial charge in [-0.2, -0.15) is 0 Å². The van der Waals surface area contributed by atoms with Gasteiger partial charge >= 0.3 is 0 Å². The summed E-state index contributed by atoms with van der Waals surface area (Å²) in [5.41, 5.74) is 1.91. The summed E-state index contributed by atoms with van der Waals surface area (Å²) in [6, 6.07) is 6.31. The highest BCUT2D eigenvalue weighted by atomic mass is 32.1. The van der Waals surface area contributed by atoms with Gasteiger partial charge in [0, 0.05) is 43.4 Å². The lowest BCUT2D eigenvalue weighted by Crippen LogP contribution is -2.40. The van der Waals surface area contributed by atoms with Gasteiger partial charge < -0.3 is 9.80 Å². The third-order valence-electron chi connectivity index (χ3n) is 4.82. The first-order valence-corrected chi connectivity index (χ1v) is 9.10. The van der Waals surface area contributed by atoms with Crippen LogP contribution in [0.3, 0.4) is 0 Å². The summed E-state index contributed by atoms with van der Waals surface area (Å²) in [6.45, 7) is 1.68. The highest BCUT2D eigenvalue weighted by molar-refractivity contribution is 7.15. The molecule has 4 rings (SSSR count). The van der Waals surface area contributed by atoms with Crippen LogP contribution in [0.25, 0.3) is 10.6 Å². The monoisotopic (exact) mass is 359 g/mol. The smallest absolute Gasteiger partial charge is 0.228 e. The molecule has 0 unspecified atom stereocenters. The van der Waals surface area contributed by atoms with Gasteiger partial charge in [-0.1, -0.05) is 0 Å². The van der Waals surface area contributed by atoms with Gasteiger partial charge in [0.05, 0.1) is 18.2 Å². The maximum Gasteiger partial charge on any atom is 0.228 e. The van der Waals surface area contributed by atoms with Crippen molar-refractivity contribution in [2.24, 2.45) is 5.92 Å². The van der Waals surface area contributed by atoms with Crippen LogP contribution in [-0.2, 0) is 22.6 Å². The van der Waals surface area contributed by atoms with Gasteiger partial charge in [-0.25, -0.2) is 9.37 Å². The second-order valence-electron chi connectivity index (χ2n) is 6.58. The zero-order valence-corrected chi connectivity index (χ0v) is 14.7. The van der Waals surface area contributed by atoms with E-state index in [-0.39, 0.29) is 23.5 Å². The molecule has 0 bridgehead atoms. The maximum atomic E-state index is 13.1. The quantitative estimate of drug-likeness (QED) is 0.827. The Morgan fingerprint density at radius 2 is 2.08 bits per heavy atom. The Morgan fingerprint density at radius 3 is 2.76 bits per heavy atom. The zero-order valence-electron chi connectivity index (χ0n) is 13.9. The van der Waals surface area contributed by atoms with Gasteiger partial charge in [0.25, 0.3) is 0 Å². The lowest BCUT2D eigenvalue weighted by atomic mass is 10.1. The third kappa shape index (κ3) is 3.04. The van der Waals surface area contributed by atoms with Crippen molar-refractivity contribution in [2.45, 2.75) is 19.4 Å². The molecule has 1 aromatic heterocycles. The number of likely N-dealkylation sites (tertiary alicyclic amines) is 1. The molecule has 0 aliphatic carbocycles. The molecule has 0 radical (unpaired) electrons. The van der Waals surface area contributed by atoms with Crippen LogP contribution in [0.4, 0.5) is 4.39 Å². The summed E-state index contributed by atoms with van der Waals surface area (Å²) in [6.07, 6.45) is 1.03. The Morgan fingerprint density at radius 1 is 1.32 bits per heavy atom. The zero-order chi connectivity index (χ0) is 17.6. The van der Waals surface area contributed by atoms with E-state index in [1.807, 2.05) is 4.90 Å². The topological polar surface area (TPSA) is 53.5 Å². The standard InChI is InChI=1S/C18H18FN3O2S/c1-21-9-12(8-16(21)23)18(24)22-7-6-14-15(10-22)25-17(20-14)11-2-4-13(19)5-3-11/h2-5,12H,6-10H2,1H3/t12-/m0/s1. The molecular formula is C18H18FN3O2S. The van der Waals surface area contributed by atoms with Crippen molar-refractivity contribution in [3.05, 3.63) is 40.7 Å². The minimum absolute atomic E-state index is 0.0347. The van der Waals surface area contributed by atoms with Crippen molar-refractivity contribution in [2.75, 3.05) is 20.1 Å². The molecule has 0 spiro atoms. The minimum Gasteiger partial charge on any atom is -0.345 e. The molecule has 2 aromatic rings. The highest BCUT2D eigenvalue weighted by Gasteiger charge is 2.36. The van der Waals surface area contributed by atoms with E-state index in [2.05, 4.69) is 4.98 Å². The Bertz CT molecular complexity index is 833. The number of carbonyl (C=O) groups excluding carboxylic acids is 2. The van der Waals surface area contributed by atoms with Gasteiger partial charge in [-0.3, -0.25) is 9.59 Å². The first-order valence-electron chi connectivity index (χ1n) is 8.28. The van der Waals surface area contributed by atoms with Crippen molar-refractivity contribution in [1.29, 1.82) is 0 Å². The number of hydrogen-bond acceptors (Lipinski definition) is 4. The average Bonchev–Trinajstić information content (AvgIpc) is 3.18.